The van der Waals surface area contributed by atoms with Crippen LogP contribution in [0.25, 0.3) is 0 Å². The summed E-state index contributed by atoms with van der Waals surface area (Å²) in [6.45, 7) is 3.28. The minimum Gasteiger partial charge on any atom is -0.361 e. The molecule has 2 aliphatic rings. The molecule has 1 aromatic carbocycles. The number of halogens is 1. The highest BCUT2D eigenvalue weighted by Gasteiger charge is 2.23. The number of hydrogen-bond acceptors (Lipinski definition) is 7. The van der Waals surface area contributed by atoms with Gasteiger partial charge in [-0.1, -0.05) is 19.4 Å². The molecule has 9 heteroatoms. The van der Waals surface area contributed by atoms with Gasteiger partial charge in [0.25, 0.3) is 5.91 Å². The van der Waals surface area contributed by atoms with Crippen LogP contribution in [0.3, 0.4) is 0 Å². The SMILES string of the molecule is CCC/C=N/N=C/C1=CC=CC(NC(=O)c2cc3c(cc2F)CCN(c2ncccn2)C3)N1. The summed E-state index contributed by atoms with van der Waals surface area (Å²) in [5.41, 5.74) is 2.50. The first-order chi connectivity index (χ1) is 16.1. The third-order valence-corrected chi connectivity index (χ3v) is 5.33. The monoisotopic (exact) mass is 447 g/mol. The zero-order chi connectivity index (χ0) is 23.0. The van der Waals surface area contributed by atoms with Gasteiger partial charge in [0.05, 0.1) is 17.5 Å². The Bertz CT molecular complexity index is 1110. The lowest BCUT2D eigenvalue weighted by atomic mass is 9.96. The highest BCUT2D eigenvalue weighted by atomic mass is 19.1. The maximum atomic E-state index is 14.8. The van der Waals surface area contributed by atoms with E-state index in [9.17, 15) is 9.18 Å². The van der Waals surface area contributed by atoms with Crippen molar-refractivity contribution >= 4 is 24.3 Å². The third-order valence-electron chi connectivity index (χ3n) is 5.33. The number of carbonyl (C=O) groups excluding carboxylic acids is 1. The highest BCUT2D eigenvalue weighted by Crippen LogP contribution is 2.25. The Balaban J connectivity index is 1.42. The van der Waals surface area contributed by atoms with Crippen LogP contribution in [0.5, 0.6) is 0 Å². The van der Waals surface area contributed by atoms with Crippen LogP contribution in [0, 0.1) is 5.82 Å². The van der Waals surface area contributed by atoms with Crippen molar-refractivity contribution < 1.29 is 9.18 Å². The first kappa shape index (κ1) is 22.3. The number of benzene rings is 1. The molecule has 1 aromatic heterocycles. The summed E-state index contributed by atoms with van der Waals surface area (Å²) in [5.74, 6) is -0.405. The number of nitrogens with zero attached hydrogens (tertiary/aromatic N) is 5. The Morgan fingerprint density at radius 2 is 2.15 bits per heavy atom. The molecule has 0 saturated heterocycles. The molecule has 0 aliphatic carbocycles. The first-order valence-corrected chi connectivity index (χ1v) is 11.0. The van der Waals surface area contributed by atoms with Gasteiger partial charge in [0, 0.05) is 31.7 Å². The second-order valence-corrected chi connectivity index (χ2v) is 7.75. The van der Waals surface area contributed by atoms with E-state index in [1.807, 2.05) is 11.0 Å². The van der Waals surface area contributed by atoms with Crippen molar-refractivity contribution in [2.45, 2.75) is 38.9 Å². The number of anilines is 1. The van der Waals surface area contributed by atoms with Gasteiger partial charge in [-0.15, -0.1) is 0 Å². The topological polar surface area (TPSA) is 94.9 Å². The molecule has 0 radical (unpaired) electrons. The van der Waals surface area contributed by atoms with E-state index in [0.29, 0.717) is 31.2 Å². The summed E-state index contributed by atoms with van der Waals surface area (Å²) >= 11 is 0. The van der Waals surface area contributed by atoms with Gasteiger partial charge in [0.2, 0.25) is 5.95 Å². The van der Waals surface area contributed by atoms with Crippen molar-refractivity contribution in [3.63, 3.8) is 0 Å². The number of amides is 1. The predicted octanol–water partition coefficient (Wildman–Crippen LogP) is 3.13. The third kappa shape index (κ3) is 5.68. The average molecular weight is 448 g/mol. The van der Waals surface area contributed by atoms with Gasteiger partial charge in [-0.2, -0.15) is 10.2 Å². The summed E-state index contributed by atoms with van der Waals surface area (Å²) in [6.07, 6.45) is 14.2. The highest BCUT2D eigenvalue weighted by molar-refractivity contribution is 5.95. The van der Waals surface area contributed by atoms with E-state index in [-0.39, 0.29) is 5.56 Å². The Kier molecular flexibility index (Phi) is 7.19. The smallest absolute Gasteiger partial charge is 0.256 e. The van der Waals surface area contributed by atoms with Crippen LogP contribution in [0.4, 0.5) is 10.3 Å². The molecule has 2 aromatic rings. The lowest BCUT2D eigenvalue weighted by molar-refractivity contribution is 0.0936. The molecule has 0 saturated carbocycles. The van der Waals surface area contributed by atoms with Crippen LogP contribution in [0.2, 0.25) is 0 Å². The van der Waals surface area contributed by atoms with E-state index in [1.165, 1.54) is 6.07 Å². The van der Waals surface area contributed by atoms with Gasteiger partial charge < -0.3 is 15.5 Å². The molecule has 170 valence electrons. The van der Waals surface area contributed by atoms with Crippen LogP contribution in [-0.4, -0.2) is 41.0 Å². The number of nitrogens with one attached hydrogen (secondary N) is 2. The quantitative estimate of drug-likeness (QED) is 0.502. The number of hydrogen-bond donors (Lipinski definition) is 2. The molecular formula is C24H26FN7O. The average Bonchev–Trinajstić information content (AvgIpc) is 2.84. The molecule has 2 N–H and O–H groups in total. The van der Waals surface area contributed by atoms with Crippen molar-refractivity contribution in [2.75, 3.05) is 11.4 Å². The van der Waals surface area contributed by atoms with E-state index in [1.54, 1.807) is 49.1 Å². The summed E-state index contributed by atoms with van der Waals surface area (Å²) in [7, 11) is 0. The standard InChI is InChI=1S/C24H26FN7O/c1-2-3-11-28-29-15-19-6-4-7-22(30-19)31-23(33)20-13-18-16-32(24-26-9-5-10-27-24)12-8-17(18)14-21(20)25/h4-7,9-11,13-15,22,30H,2-3,8,12,16H2,1H3,(H,31,33)/b28-11+,29-15+. The molecule has 0 spiro atoms. The Morgan fingerprint density at radius 3 is 2.97 bits per heavy atom. The molecule has 1 amide bonds. The first-order valence-electron chi connectivity index (χ1n) is 11.0. The summed E-state index contributed by atoms with van der Waals surface area (Å²) in [6, 6.07) is 4.85. The summed E-state index contributed by atoms with van der Waals surface area (Å²) in [4.78, 5) is 23.5. The summed E-state index contributed by atoms with van der Waals surface area (Å²) < 4.78 is 14.8. The Labute approximate surface area is 192 Å². The normalized spacial score (nSPS) is 17.7. The maximum Gasteiger partial charge on any atom is 0.256 e. The van der Waals surface area contributed by atoms with Crippen LogP contribution in [-0.2, 0) is 13.0 Å². The van der Waals surface area contributed by atoms with E-state index < -0.39 is 17.9 Å². The van der Waals surface area contributed by atoms with Crippen molar-refractivity contribution in [2.24, 2.45) is 10.2 Å². The van der Waals surface area contributed by atoms with Gasteiger partial charge in [-0.05, 0) is 54.3 Å². The lowest BCUT2D eigenvalue weighted by Gasteiger charge is -2.29. The molecule has 1 atom stereocenters. The van der Waals surface area contributed by atoms with E-state index in [2.05, 4.69) is 37.7 Å². The molecule has 0 bridgehead atoms. The number of allylic oxidation sites excluding steroid dienone is 3. The molecule has 4 rings (SSSR count). The summed E-state index contributed by atoms with van der Waals surface area (Å²) in [5, 5.41) is 13.9. The van der Waals surface area contributed by atoms with E-state index in [4.69, 9.17) is 0 Å². The largest absolute Gasteiger partial charge is 0.361 e. The number of unbranched alkanes of at least 4 members (excludes halogenated alkanes) is 1. The number of fused-ring (bicyclic) bond motifs is 1. The van der Waals surface area contributed by atoms with Gasteiger partial charge in [0.15, 0.2) is 0 Å². The van der Waals surface area contributed by atoms with E-state index in [0.717, 1.165) is 24.0 Å². The molecule has 1 unspecified atom stereocenters. The predicted molar refractivity (Wildman–Crippen MR) is 127 cm³/mol. The molecule has 33 heavy (non-hydrogen) atoms. The maximum absolute atomic E-state index is 14.8. The zero-order valence-corrected chi connectivity index (χ0v) is 18.4. The van der Waals surface area contributed by atoms with Gasteiger partial charge in [-0.25, -0.2) is 14.4 Å². The molecule has 0 fully saturated rings. The van der Waals surface area contributed by atoms with E-state index >= 15 is 0 Å². The van der Waals surface area contributed by atoms with Crippen LogP contribution >= 0.6 is 0 Å². The van der Waals surface area contributed by atoms with Crippen LogP contribution in [0.15, 0.2) is 64.7 Å². The minimum atomic E-state index is -0.530. The zero-order valence-electron chi connectivity index (χ0n) is 18.4. The fourth-order valence-electron chi connectivity index (χ4n) is 3.64. The Hall–Kier alpha value is -3.88. The molecular weight excluding hydrogens is 421 g/mol. The van der Waals surface area contributed by atoms with Crippen molar-refractivity contribution in [1.82, 2.24) is 20.6 Å². The molecule has 2 aliphatic heterocycles. The fraction of sp³-hybridized carbons (Fsp3) is 0.292. The second-order valence-electron chi connectivity index (χ2n) is 7.75. The second kappa shape index (κ2) is 10.6. The Morgan fingerprint density at radius 1 is 1.30 bits per heavy atom. The van der Waals surface area contributed by atoms with Crippen molar-refractivity contribution in [3.8, 4) is 0 Å². The number of aromatic nitrogens is 2. The number of dihydropyridines is 1. The lowest BCUT2D eigenvalue weighted by Crippen LogP contribution is -2.45. The van der Waals surface area contributed by atoms with Crippen molar-refractivity contribution in [1.29, 1.82) is 0 Å². The molecule has 3 heterocycles. The fourth-order valence-corrected chi connectivity index (χ4v) is 3.64. The minimum absolute atomic E-state index is 0.00807. The van der Waals surface area contributed by atoms with Gasteiger partial charge >= 0.3 is 0 Å². The van der Waals surface area contributed by atoms with Crippen molar-refractivity contribution in [3.05, 3.63) is 77.0 Å². The number of rotatable bonds is 7. The number of carbonyl (C=O) groups is 1. The molecule has 8 nitrogen and oxygen atoms in total. The van der Waals surface area contributed by atoms with Crippen LogP contribution < -0.4 is 15.5 Å². The van der Waals surface area contributed by atoms with Gasteiger partial charge in [0.1, 0.15) is 12.0 Å². The van der Waals surface area contributed by atoms with Gasteiger partial charge in [-0.3, -0.25) is 4.79 Å². The van der Waals surface area contributed by atoms with Crippen LogP contribution in [0.1, 0.15) is 41.3 Å².